The van der Waals surface area contributed by atoms with E-state index in [9.17, 15) is 13.2 Å². The van der Waals surface area contributed by atoms with E-state index in [4.69, 9.17) is 14.0 Å². The molecule has 0 radical (unpaired) electrons. The number of rotatable bonds is 6. The minimum Gasteiger partial charge on any atom is -0.479 e. The Morgan fingerprint density at radius 2 is 1.70 bits per heavy atom. The van der Waals surface area contributed by atoms with Gasteiger partial charge in [0.1, 0.15) is 10.6 Å². The van der Waals surface area contributed by atoms with Gasteiger partial charge in [0.05, 0.1) is 0 Å². The number of aryl methyl sites for hydroxylation is 1. The second-order valence-corrected chi connectivity index (χ2v) is 6.39. The van der Waals surface area contributed by atoms with E-state index in [0.29, 0.717) is 0 Å². The molecule has 0 fully saturated rings. The van der Waals surface area contributed by atoms with Gasteiger partial charge in [-0.05, 0) is 25.1 Å². The van der Waals surface area contributed by atoms with Crippen LogP contribution in [0, 0.1) is 6.92 Å². The van der Waals surface area contributed by atoms with Crippen molar-refractivity contribution >= 4 is 16.1 Å². The molecule has 6 nitrogen and oxygen atoms in total. The molecule has 0 heterocycles. The second kappa shape index (κ2) is 6.80. The molecule has 122 valence electrons. The molecule has 23 heavy (non-hydrogen) atoms. The SMILES string of the molecule is COC(C(=O)O)c1ccccc1OS(=O)(=O)c1ccc(C)cc1. The summed E-state index contributed by atoms with van der Waals surface area (Å²) in [5.74, 6) is -1.32. The quantitative estimate of drug-likeness (QED) is 0.815. The molecule has 0 aliphatic rings. The van der Waals surface area contributed by atoms with Crippen molar-refractivity contribution in [1.82, 2.24) is 0 Å². The van der Waals surface area contributed by atoms with E-state index in [1.807, 2.05) is 6.92 Å². The van der Waals surface area contributed by atoms with Crippen LogP contribution in [-0.2, 0) is 19.6 Å². The van der Waals surface area contributed by atoms with Crippen molar-refractivity contribution in [2.24, 2.45) is 0 Å². The number of para-hydroxylation sites is 1. The zero-order chi connectivity index (χ0) is 17.0. The van der Waals surface area contributed by atoms with Crippen LogP contribution in [0.4, 0.5) is 0 Å². The smallest absolute Gasteiger partial charge is 0.339 e. The van der Waals surface area contributed by atoms with Gasteiger partial charge in [-0.2, -0.15) is 8.42 Å². The standard InChI is InChI=1S/C16H16O6S/c1-11-7-9-12(10-8-11)23(19,20)22-14-6-4-3-5-13(14)15(21-2)16(17)18/h3-10,15H,1-2H3,(H,17,18). The van der Waals surface area contributed by atoms with E-state index in [1.54, 1.807) is 24.3 Å². The van der Waals surface area contributed by atoms with Crippen molar-refractivity contribution < 1.29 is 27.2 Å². The topological polar surface area (TPSA) is 89.9 Å². The van der Waals surface area contributed by atoms with Crippen LogP contribution < -0.4 is 4.18 Å². The fraction of sp³-hybridized carbons (Fsp3) is 0.188. The molecule has 0 bridgehead atoms. The molecule has 0 saturated heterocycles. The maximum Gasteiger partial charge on any atom is 0.339 e. The first-order chi connectivity index (χ1) is 10.8. The van der Waals surface area contributed by atoms with Gasteiger partial charge in [0.25, 0.3) is 0 Å². The highest BCUT2D eigenvalue weighted by Crippen LogP contribution is 2.30. The third-order valence-corrected chi connectivity index (χ3v) is 4.42. The van der Waals surface area contributed by atoms with Crippen molar-refractivity contribution in [2.45, 2.75) is 17.9 Å². The van der Waals surface area contributed by atoms with Crippen LogP contribution >= 0.6 is 0 Å². The Labute approximate surface area is 134 Å². The van der Waals surface area contributed by atoms with Crippen molar-refractivity contribution in [3.8, 4) is 5.75 Å². The highest BCUT2D eigenvalue weighted by molar-refractivity contribution is 7.87. The Kier molecular flexibility index (Phi) is 5.02. The van der Waals surface area contributed by atoms with Crippen molar-refractivity contribution in [2.75, 3.05) is 7.11 Å². The average molecular weight is 336 g/mol. The number of ether oxygens (including phenoxy) is 1. The van der Waals surface area contributed by atoms with Crippen molar-refractivity contribution in [3.05, 3.63) is 59.7 Å². The van der Waals surface area contributed by atoms with Gasteiger partial charge in [0.2, 0.25) is 0 Å². The Morgan fingerprint density at radius 3 is 2.26 bits per heavy atom. The molecule has 2 aromatic carbocycles. The van der Waals surface area contributed by atoms with Crippen LogP contribution in [0.2, 0.25) is 0 Å². The summed E-state index contributed by atoms with van der Waals surface area (Å²) >= 11 is 0. The van der Waals surface area contributed by atoms with E-state index in [0.717, 1.165) is 5.56 Å². The highest BCUT2D eigenvalue weighted by atomic mass is 32.2. The average Bonchev–Trinajstić information content (AvgIpc) is 2.49. The number of methoxy groups -OCH3 is 1. The normalized spacial score (nSPS) is 12.6. The van der Waals surface area contributed by atoms with Crippen molar-refractivity contribution in [1.29, 1.82) is 0 Å². The largest absolute Gasteiger partial charge is 0.479 e. The Hall–Kier alpha value is -2.38. The number of carbonyl (C=O) groups is 1. The maximum atomic E-state index is 12.3. The number of hydrogen-bond acceptors (Lipinski definition) is 5. The zero-order valence-electron chi connectivity index (χ0n) is 12.6. The van der Waals surface area contributed by atoms with Crippen LogP contribution in [0.5, 0.6) is 5.75 Å². The van der Waals surface area contributed by atoms with Gasteiger partial charge >= 0.3 is 16.1 Å². The van der Waals surface area contributed by atoms with E-state index in [2.05, 4.69) is 0 Å². The molecule has 0 aliphatic carbocycles. The molecule has 0 amide bonds. The first-order valence-electron chi connectivity index (χ1n) is 6.71. The molecule has 1 atom stereocenters. The van der Waals surface area contributed by atoms with Crippen LogP contribution in [0.15, 0.2) is 53.4 Å². The molecule has 0 aromatic heterocycles. The number of hydrogen-bond donors (Lipinski definition) is 1. The summed E-state index contributed by atoms with van der Waals surface area (Å²) in [5.41, 5.74) is 1.04. The maximum absolute atomic E-state index is 12.3. The lowest BCUT2D eigenvalue weighted by Crippen LogP contribution is -2.17. The second-order valence-electron chi connectivity index (χ2n) is 4.84. The first kappa shape index (κ1) is 17.0. The molecule has 2 aromatic rings. The number of carboxylic acid groups (broad SMARTS) is 1. The summed E-state index contributed by atoms with van der Waals surface area (Å²) in [6, 6.07) is 12.1. The van der Waals surface area contributed by atoms with E-state index >= 15 is 0 Å². The molecule has 0 spiro atoms. The molecule has 1 unspecified atom stereocenters. The molecule has 1 N–H and O–H groups in total. The lowest BCUT2D eigenvalue weighted by atomic mass is 10.1. The minimum absolute atomic E-state index is 0.0119. The summed E-state index contributed by atoms with van der Waals surface area (Å²) in [6.07, 6.45) is -1.32. The third-order valence-electron chi connectivity index (χ3n) is 3.17. The first-order valence-corrected chi connectivity index (χ1v) is 8.11. The molecule has 0 saturated carbocycles. The highest BCUT2D eigenvalue weighted by Gasteiger charge is 2.26. The summed E-state index contributed by atoms with van der Waals surface area (Å²) in [6.45, 7) is 1.84. The Balaban J connectivity index is 2.40. The van der Waals surface area contributed by atoms with Crippen LogP contribution in [0.1, 0.15) is 17.2 Å². The predicted molar refractivity (Wildman–Crippen MR) is 82.8 cm³/mol. The van der Waals surface area contributed by atoms with Gasteiger partial charge in [-0.25, -0.2) is 4.79 Å². The predicted octanol–water partition coefficient (Wildman–Crippen LogP) is 2.53. The summed E-state index contributed by atoms with van der Waals surface area (Å²) in [4.78, 5) is 11.2. The third kappa shape index (κ3) is 3.88. The van der Waals surface area contributed by atoms with Crippen LogP contribution in [0.3, 0.4) is 0 Å². The van der Waals surface area contributed by atoms with E-state index in [1.165, 1.54) is 31.4 Å². The Bertz CT molecular complexity index is 796. The fourth-order valence-corrected chi connectivity index (χ4v) is 2.96. The van der Waals surface area contributed by atoms with Gasteiger partial charge in [-0.1, -0.05) is 35.9 Å². The van der Waals surface area contributed by atoms with Crippen LogP contribution in [-0.4, -0.2) is 26.6 Å². The minimum atomic E-state index is -4.07. The fourth-order valence-electron chi connectivity index (χ4n) is 2.01. The van der Waals surface area contributed by atoms with Gasteiger partial charge in [0, 0.05) is 12.7 Å². The van der Waals surface area contributed by atoms with E-state index < -0.39 is 22.2 Å². The van der Waals surface area contributed by atoms with Crippen molar-refractivity contribution in [3.63, 3.8) is 0 Å². The number of carboxylic acids is 1. The van der Waals surface area contributed by atoms with Gasteiger partial charge in [-0.15, -0.1) is 0 Å². The molecule has 7 heteroatoms. The van der Waals surface area contributed by atoms with Gasteiger partial charge in [0.15, 0.2) is 6.10 Å². The summed E-state index contributed by atoms with van der Waals surface area (Å²) in [5, 5.41) is 9.17. The van der Waals surface area contributed by atoms with Crippen LogP contribution in [0.25, 0.3) is 0 Å². The van der Waals surface area contributed by atoms with Gasteiger partial charge < -0.3 is 14.0 Å². The molecular formula is C16H16O6S. The number of benzene rings is 2. The van der Waals surface area contributed by atoms with E-state index in [-0.39, 0.29) is 16.2 Å². The monoisotopic (exact) mass is 336 g/mol. The summed E-state index contributed by atoms with van der Waals surface area (Å²) < 4.78 is 34.7. The molecule has 0 aliphatic heterocycles. The molecule has 2 rings (SSSR count). The Morgan fingerprint density at radius 1 is 1.09 bits per heavy atom. The lowest BCUT2D eigenvalue weighted by Gasteiger charge is -2.15. The zero-order valence-corrected chi connectivity index (χ0v) is 13.4. The molecular weight excluding hydrogens is 320 g/mol. The van der Waals surface area contributed by atoms with Gasteiger partial charge in [-0.3, -0.25) is 0 Å². The summed E-state index contributed by atoms with van der Waals surface area (Å²) in [7, 11) is -2.84. The number of aliphatic carboxylic acids is 1. The lowest BCUT2D eigenvalue weighted by molar-refractivity contribution is -0.148.